The molecule has 88 valence electrons. The molecule has 2 aromatic carbocycles. The van der Waals surface area contributed by atoms with Crippen LogP contribution in [0.1, 0.15) is 22.3 Å². The van der Waals surface area contributed by atoms with Crippen molar-refractivity contribution in [1.29, 1.82) is 0 Å². The third kappa shape index (κ3) is 3.02. The summed E-state index contributed by atoms with van der Waals surface area (Å²) in [5.41, 5.74) is 4.86. The Kier molecular flexibility index (Phi) is 3.76. The molecule has 0 aliphatic heterocycles. The van der Waals surface area contributed by atoms with Crippen molar-refractivity contribution in [3.05, 3.63) is 68.7 Å². The highest BCUT2D eigenvalue weighted by Crippen LogP contribution is 2.25. The van der Waals surface area contributed by atoms with E-state index in [0.717, 1.165) is 16.5 Å². The molecule has 0 amide bonds. The normalized spacial score (nSPS) is 10.6. The summed E-state index contributed by atoms with van der Waals surface area (Å²) in [7, 11) is 0. The van der Waals surface area contributed by atoms with E-state index in [2.05, 4.69) is 19.9 Å². The Hall–Kier alpha value is -0.980. The minimum Gasteiger partial charge on any atom is -0.0843 e. The van der Waals surface area contributed by atoms with Crippen LogP contribution in [0.5, 0.6) is 0 Å². The van der Waals surface area contributed by atoms with Gasteiger partial charge in [0, 0.05) is 10.0 Å². The summed E-state index contributed by atoms with van der Waals surface area (Å²) in [6.07, 6.45) is 0.849. The fraction of sp³-hybridized carbons (Fsp3) is 0.200. The number of halogens is 2. The molecule has 0 unspecified atom stereocenters. The van der Waals surface area contributed by atoms with Crippen LogP contribution in [-0.4, -0.2) is 0 Å². The Morgan fingerprint density at radius 2 is 1.59 bits per heavy atom. The van der Waals surface area contributed by atoms with Gasteiger partial charge in [0.15, 0.2) is 0 Å². The Balaban J connectivity index is 2.33. The summed E-state index contributed by atoms with van der Waals surface area (Å²) in [5, 5.41) is 1.61. The average Bonchev–Trinajstić information content (AvgIpc) is 2.26. The van der Waals surface area contributed by atoms with E-state index in [9.17, 15) is 0 Å². The van der Waals surface area contributed by atoms with Crippen LogP contribution in [0.25, 0.3) is 0 Å². The monoisotopic (exact) mass is 264 g/mol. The Labute approximate surface area is 112 Å². The van der Waals surface area contributed by atoms with Gasteiger partial charge < -0.3 is 0 Å². The fourth-order valence-corrected chi connectivity index (χ4v) is 2.49. The lowest BCUT2D eigenvalue weighted by Gasteiger charge is -2.10. The number of hydrogen-bond acceptors (Lipinski definition) is 0. The lowest BCUT2D eigenvalue weighted by Crippen LogP contribution is -1.94. The second-order valence-electron chi connectivity index (χ2n) is 4.35. The molecule has 0 aliphatic carbocycles. The van der Waals surface area contributed by atoms with Gasteiger partial charge in [0.1, 0.15) is 0 Å². The topological polar surface area (TPSA) is 0 Å². The first-order valence-corrected chi connectivity index (χ1v) is 6.32. The van der Waals surface area contributed by atoms with Crippen LogP contribution in [0.15, 0.2) is 36.4 Å². The van der Waals surface area contributed by atoms with Crippen molar-refractivity contribution >= 4 is 23.2 Å². The predicted octanol–water partition coefficient (Wildman–Crippen LogP) is 5.20. The number of rotatable bonds is 2. The number of aryl methyl sites for hydroxylation is 2. The quantitative estimate of drug-likeness (QED) is 0.700. The molecule has 0 N–H and O–H groups in total. The van der Waals surface area contributed by atoms with Crippen LogP contribution in [0.2, 0.25) is 10.0 Å². The average molecular weight is 265 g/mol. The molecular weight excluding hydrogens is 251 g/mol. The zero-order valence-electron chi connectivity index (χ0n) is 9.93. The Morgan fingerprint density at radius 1 is 0.941 bits per heavy atom. The first kappa shape index (κ1) is 12.5. The molecule has 0 aliphatic rings. The minimum atomic E-state index is 0.764. The van der Waals surface area contributed by atoms with Gasteiger partial charge in [0.25, 0.3) is 0 Å². The lowest BCUT2D eigenvalue weighted by molar-refractivity contribution is 1.15. The molecule has 0 atom stereocenters. The summed E-state index contributed by atoms with van der Waals surface area (Å²) in [6.45, 7) is 4.16. The van der Waals surface area contributed by atoms with E-state index in [1.807, 2.05) is 30.3 Å². The maximum atomic E-state index is 6.29. The molecule has 0 spiro atoms. The molecule has 2 heteroatoms. The van der Waals surface area contributed by atoms with Gasteiger partial charge in [-0.05, 0) is 60.7 Å². The van der Waals surface area contributed by atoms with Gasteiger partial charge in [0.05, 0.1) is 0 Å². The van der Waals surface area contributed by atoms with E-state index in [1.54, 1.807) is 0 Å². The molecule has 0 saturated carbocycles. The molecule has 0 nitrogen and oxygen atoms in total. The Bertz CT molecular complexity index is 504. The van der Waals surface area contributed by atoms with E-state index in [4.69, 9.17) is 23.2 Å². The smallest absolute Gasteiger partial charge is 0.0446 e. The Morgan fingerprint density at radius 3 is 2.18 bits per heavy atom. The molecule has 2 aromatic rings. The second kappa shape index (κ2) is 5.12. The summed E-state index contributed by atoms with van der Waals surface area (Å²) < 4.78 is 0. The molecule has 17 heavy (non-hydrogen) atoms. The first-order chi connectivity index (χ1) is 8.06. The molecule has 0 saturated heterocycles. The minimum absolute atomic E-state index is 0.764. The van der Waals surface area contributed by atoms with Crippen molar-refractivity contribution in [3.63, 3.8) is 0 Å². The zero-order chi connectivity index (χ0) is 12.4. The third-order valence-corrected chi connectivity index (χ3v) is 3.45. The van der Waals surface area contributed by atoms with Gasteiger partial charge >= 0.3 is 0 Å². The van der Waals surface area contributed by atoms with E-state index in [-0.39, 0.29) is 0 Å². The van der Waals surface area contributed by atoms with Crippen molar-refractivity contribution in [1.82, 2.24) is 0 Å². The van der Waals surface area contributed by atoms with Crippen LogP contribution in [-0.2, 0) is 6.42 Å². The van der Waals surface area contributed by atoms with Gasteiger partial charge in [-0.1, -0.05) is 41.4 Å². The summed E-state index contributed by atoms with van der Waals surface area (Å²) >= 11 is 12.2. The zero-order valence-corrected chi connectivity index (χ0v) is 11.4. The van der Waals surface area contributed by atoms with Crippen LogP contribution >= 0.6 is 23.2 Å². The second-order valence-corrected chi connectivity index (χ2v) is 5.19. The van der Waals surface area contributed by atoms with Crippen molar-refractivity contribution in [3.8, 4) is 0 Å². The van der Waals surface area contributed by atoms with Gasteiger partial charge in [0.2, 0.25) is 0 Å². The highest BCUT2D eigenvalue weighted by Gasteiger charge is 2.06. The first-order valence-electron chi connectivity index (χ1n) is 5.56. The van der Waals surface area contributed by atoms with Gasteiger partial charge in [-0.15, -0.1) is 0 Å². The van der Waals surface area contributed by atoms with E-state index in [1.165, 1.54) is 22.3 Å². The van der Waals surface area contributed by atoms with Gasteiger partial charge in [-0.3, -0.25) is 0 Å². The van der Waals surface area contributed by atoms with Crippen molar-refractivity contribution in [2.24, 2.45) is 0 Å². The maximum Gasteiger partial charge on any atom is 0.0446 e. The highest BCUT2D eigenvalue weighted by molar-refractivity contribution is 6.31. The summed E-state index contributed by atoms with van der Waals surface area (Å²) in [5.74, 6) is 0. The summed E-state index contributed by atoms with van der Waals surface area (Å²) in [6, 6.07) is 12.1. The van der Waals surface area contributed by atoms with Crippen molar-refractivity contribution < 1.29 is 0 Å². The van der Waals surface area contributed by atoms with Crippen molar-refractivity contribution in [2.75, 3.05) is 0 Å². The number of benzene rings is 2. The van der Waals surface area contributed by atoms with Crippen LogP contribution in [0.3, 0.4) is 0 Å². The summed E-state index contributed by atoms with van der Waals surface area (Å²) in [4.78, 5) is 0. The number of hydrogen-bond donors (Lipinski definition) is 0. The van der Waals surface area contributed by atoms with Crippen molar-refractivity contribution in [2.45, 2.75) is 20.3 Å². The maximum absolute atomic E-state index is 6.29. The van der Waals surface area contributed by atoms with Gasteiger partial charge in [-0.25, -0.2) is 0 Å². The molecule has 2 rings (SSSR count). The van der Waals surface area contributed by atoms with E-state index >= 15 is 0 Å². The lowest BCUT2D eigenvalue weighted by atomic mass is 9.99. The van der Waals surface area contributed by atoms with E-state index in [0.29, 0.717) is 0 Å². The molecule has 0 fully saturated rings. The SMILES string of the molecule is Cc1cc(C)c(Cc2ccc(Cl)cc2)c(Cl)c1. The van der Waals surface area contributed by atoms with Gasteiger partial charge in [-0.2, -0.15) is 0 Å². The van der Waals surface area contributed by atoms with Crippen LogP contribution in [0.4, 0.5) is 0 Å². The third-order valence-electron chi connectivity index (χ3n) is 2.86. The molecule has 0 heterocycles. The fourth-order valence-electron chi connectivity index (χ4n) is 1.98. The molecular formula is C15H14Cl2. The molecule has 0 aromatic heterocycles. The van der Waals surface area contributed by atoms with E-state index < -0.39 is 0 Å². The standard InChI is InChI=1S/C15H14Cl2/c1-10-7-11(2)14(15(17)8-10)9-12-3-5-13(16)6-4-12/h3-8H,9H2,1-2H3. The molecule has 0 radical (unpaired) electrons. The predicted molar refractivity (Wildman–Crippen MR) is 75.2 cm³/mol. The largest absolute Gasteiger partial charge is 0.0843 e. The van der Waals surface area contributed by atoms with Crippen LogP contribution < -0.4 is 0 Å². The highest BCUT2D eigenvalue weighted by atomic mass is 35.5. The molecule has 0 bridgehead atoms. The van der Waals surface area contributed by atoms with Crippen LogP contribution in [0, 0.1) is 13.8 Å².